The molecule has 0 aliphatic carbocycles. The maximum Gasteiger partial charge on any atom is 0.319 e. The van der Waals surface area contributed by atoms with Crippen LogP contribution in [0.4, 0.5) is 19.3 Å². The Morgan fingerprint density at radius 2 is 1.86 bits per heavy atom. The highest BCUT2D eigenvalue weighted by molar-refractivity contribution is 5.89. The standard InChI is InChI=1S/C16H16F2N2O2/c1-11-2-5-13(6-3-11)20-16(21)19-8-9-22-15-7-4-12(17)10-14(15)18/h2-7,10H,8-9H2,1H3,(H2,19,20,21). The fraction of sp³-hybridized carbons (Fsp3) is 0.188. The third kappa shape index (κ3) is 4.73. The molecule has 0 unspecified atom stereocenters. The predicted octanol–water partition coefficient (Wildman–Crippen LogP) is 3.47. The van der Waals surface area contributed by atoms with E-state index in [0.29, 0.717) is 5.69 Å². The molecular weight excluding hydrogens is 290 g/mol. The van der Waals surface area contributed by atoms with Crippen LogP contribution in [0.2, 0.25) is 0 Å². The molecule has 0 atom stereocenters. The molecule has 0 aliphatic rings. The third-order valence-corrected chi connectivity index (χ3v) is 2.85. The van der Waals surface area contributed by atoms with Gasteiger partial charge < -0.3 is 15.4 Å². The maximum atomic E-state index is 13.3. The van der Waals surface area contributed by atoms with Crippen molar-refractivity contribution in [2.45, 2.75) is 6.92 Å². The Morgan fingerprint density at radius 1 is 1.14 bits per heavy atom. The van der Waals surface area contributed by atoms with Crippen LogP contribution in [0, 0.1) is 18.6 Å². The number of urea groups is 1. The summed E-state index contributed by atoms with van der Waals surface area (Å²) in [6, 6.07) is 10.0. The molecule has 0 aliphatic heterocycles. The number of nitrogens with one attached hydrogen (secondary N) is 2. The van der Waals surface area contributed by atoms with Crippen LogP contribution in [0.5, 0.6) is 5.75 Å². The normalized spacial score (nSPS) is 10.1. The highest BCUT2D eigenvalue weighted by Gasteiger charge is 2.05. The van der Waals surface area contributed by atoms with Crippen LogP contribution in [-0.4, -0.2) is 19.2 Å². The smallest absolute Gasteiger partial charge is 0.319 e. The second kappa shape index (κ2) is 7.40. The van der Waals surface area contributed by atoms with Gasteiger partial charge in [-0.15, -0.1) is 0 Å². The first-order chi connectivity index (χ1) is 10.5. The molecule has 0 heterocycles. The molecule has 2 aromatic rings. The van der Waals surface area contributed by atoms with Gasteiger partial charge in [0, 0.05) is 11.8 Å². The number of aryl methyl sites for hydroxylation is 1. The van der Waals surface area contributed by atoms with Crippen LogP contribution in [0.1, 0.15) is 5.56 Å². The van der Waals surface area contributed by atoms with Gasteiger partial charge in [-0.1, -0.05) is 17.7 Å². The zero-order valence-electron chi connectivity index (χ0n) is 12.0. The predicted molar refractivity (Wildman–Crippen MR) is 80.1 cm³/mol. The SMILES string of the molecule is Cc1ccc(NC(=O)NCCOc2ccc(F)cc2F)cc1. The average molecular weight is 306 g/mol. The summed E-state index contributed by atoms with van der Waals surface area (Å²) in [6.45, 7) is 2.22. The number of carbonyl (C=O) groups is 1. The van der Waals surface area contributed by atoms with E-state index in [9.17, 15) is 13.6 Å². The molecule has 2 amide bonds. The van der Waals surface area contributed by atoms with Crippen molar-refractivity contribution < 1.29 is 18.3 Å². The Bertz CT molecular complexity index is 645. The van der Waals surface area contributed by atoms with Crippen molar-refractivity contribution in [2.75, 3.05) is 18.5 Å². The monoisotopic (exact) mass is 306 g/mol. The highest BCUT2D eigenvalue weighted by Crippen LogP contribution is 2.17. The van der Waals surface area contributed by atoms with Gasteiger partial charge in [-0.2, -0.15) is 0 Å². The van der Waals surface area contributed by atoms with E-state index in [-0.39, 0.29) is 24.9 Å². The molecular formula is C16H16F2N2O2. The Hall–Kier alpha value is -2.63. The lowest BCUT2D eigenvalue weighted by Crippen LogP contribution is -2.32. The summed E-state index contributed by atoms with van der Waals surface area (Å²) in [5.74, 6) is -1.49. The van der Waals surface area contributed by atoms with Crippen molar-refractivity contribution >= 4 is 11.7 Å². The Morgan fingerprint density at radius 3 is 2.55 bits per heavy atom. The lowest BCUT2D eigenvalue weighted by atomic mass is 10.2. The van der Waals surface area contributed by atoms with Gasteiger partial charge in [0.05, 0.1) is 6.54 Å². The summed E-state index contributed by atoms with van der Waals surface area (Å²) in [7, 11) is 0. The van der Waals surface area contributed by atoms with Crippen LogP contribution in [0.25, 0.3) is 0 Å². The van der Waals surface area contributed by atoms with Crippen LogP contribution in [0.3, 0.4) is 0 Å². The van der Waals surface area contributed by atoms with Crippen molar-refractivity contribution in [1.82, 2.24) is 5.32 Å². The van der Waals surface area contributed by atoms with E-state index in [1.165, 1.54) is 6.07 Å². The van der Waals surface area contributed by atoms with Gasteiger partial charge in [-0.05, 0) is 31.2 Å². The van der Waals surface area contributed by atoms with Gasteiger partial charge in [0.15, 0.2) is 11.6 Å². The molecule has 2 N–H and O–H groups in total. The van der Waals surface area contributed by atoms with Crippen molar-refractivity contribution in [2.24, 2.45) is 0 Å². The summed E-state index contributed by atoms with van der Waals surface area (Å²) in [4.78, 5) is 11.6. The minimum atomic E-state index is -0.774. The second-order valence-electron chi connectivity index (χ2n) is 4.67. The zero-order valence-corrected chi connectivity index (χ0v) is 12.0. The maximum absolute atomic E-state index is 13.3. The first-order valence-electron chi connectivity index (χ1n) is 6.74. The van der Waals surface area contributed by atoms with Crippen LogP contribution < -0.4 is 15.4 Å². The highest BCUT2D eigenvalue weighted by atomic mass is 19.1. The zero-order chi connectivity index (χ0) is 15.9. The molecule has 22 heavy (non-hydrogen) atoms. The fourth-order valence-corrected chi connectivity index (χ4v) is 1.73. The molecule has 116 valence electrons. The topological polar surface area (TPSA) is 50.4 Å². The van der Waals surface area contributed by atoms with Gasteiger partial charge in [-0.25, -0.2) is 13.6 Å². The summed E-state index contributed by atoms with van der Waals surface area (Å²) < 4.78 is 31.1. The molecule has 0 spiro atoms. The number of hydrogen-bond acceptors (Lipinski definition) is 2. The quantitative estimate of drug-likeness (QED) is 0.831. The second-order valence-corrected chi connectivity index (χ2v) is 4.67. The Balaban J connectivity index is 1.72. The molecule has 0 fully saturated rings. The summed E-state index contributed by atoms with van der Waals surface area (Å²) in [6.07, 6.45) is 0. The van der Waals surface area contributed by atoms with Crippen LogP contribution in [-0.2, 0) is 0 Å². The summed E-state index contributed by atoms with van der Waals surface area (Å²) in [5.41, 5.74) is 1.77. The van der Waals surface area contributed by atoms with E-state index in [2.05, 4.69) is 10.6 Å². The molecule has 2 rings (SSSR count). The Labute approximate surface area is 127 Å². The minimum absolute atomic E-state index is 0.0536. The molecule has 0 aromatic heterocycles. The number of ether oxygens (including phenoxy) is 1. The van der Waals surface area contributed by atoms with Crippen molar-refractivity contribution in [3.8, 4) is 5.75 Å². The first-order valence-corrected chi connectivity index (χ1v) is 6.74. The van der Waals surface area contributed by atoms with Crippen molar-refractivity contribution in [3.63, 3.8) is 0 Å². The Kier molecular flexibility index (Phi) is 5.30. The molecule has 0 bridgehead atoms. The number of benzene rings is 2. The minimum Gasteiger partial charge on any atom is -0.489 e. The van der Waals surface area contributed by atoms with Gasteiger partial charge in [0.2, 0.25) is 0 Å². The van der Waals surface area contributed by atoms with Crippen LogP contribution in [0.15, 0.2) is 42.5 Å². The molecule has 0 saturated carbocycles. The van der Waals surface area contributed by atoms with E-state index in [1.54, 1.807) is 12.1 Å². The summed E-state index contributed by atoms with van der Waals surface area (Å²) >= 11 is 0. The molecule has 6 heteroatoms. The van der Waals surface area contributed by atoms with Crippen molar-refractivity contribution in [3.05, 3.63) is 59.7 Å². The fourth-order valence-electron chi connectivity index (χ4n) is 1.73. The van der Waals surface area contributed by atoms with E-state index < -0.39 is 11.6 Å². The van der Waals surface area contributed by atoms with E-state index in [4.69, 9.17) is 4.74 Å². The largest absolute Gasteiger partial charge is 0.489 e. The van der Waals surface area contributed by atoms with E-state index in [0.717, 1.165) is 17.7 Å². The first kappa shape index (κ1) is 15.8. The van der Waals surface area contributed by atoms with Gasteiger partial charge in [-0.3, -0.25) is 0 Å². The number of anilines is 1. The van der Waals surface area contributed by atoms with Crippen LogP contribution >= 0.6 is 0 Å². The number of amides is 2. The lowest BCUT2D eigenvalue weighted by Gasteiger charge is -2.09. The molecule has 2 aromatic carbocycles. The number of halogens is 2. The number of carbonyl (C=O) groups excluding carboxylic acids is 1. The average Bonchev–Trinajstić information content (AvgIpc) is 2.48. The van der Waals surface area contributed by atoms with Crippen molar-refractivity contribution in [1.29, 1.82) is 0 Å². The third-order valence-electron chi connectivity index (χ3n) is 2.85. The van der Waals surface area contributed by atoms with E-state index in [1.807, 2.05) is 19.1 Å². The lowest BCUT2D eigenvalue weighted by molar-refractivity contribution is 0.246. The molecule has 4 nitrogen and oxygen atoms in total. The number of rotatable bonds is 5. The van der Waals surface area contributed by atoms with Gasteiger partial charge in [0.25, 0.3) is 0 Å². The molecule has 0 saturated heterocycles. The van der Waals surface area contributed by atoms with E-state index >= 15 is 0 Å². The van der Waals surface area contributed by atoms with Gasteiger partial charge in [0.1, 0.15) is 12.4 Å². The summed E-state index contributed by atoms with van der Waals surface area (Å²) in [5, 5.41) is 5.23. The number of hydrogen-bond donors (Lipinski definition) is 2. The molecule has 0 radical (unpaired) electrons. The van der Waals surface area contributed by atoms with Gasteiger partial charge >= 0.3 is 6.03 Å².